The number of hydrogen-bond donors (Lipinski definition) is 2. The summed E-state index contributed by atoms with van der Waals surface area (Å²) in [5, 5.41) is 0. The number of rotatable bonds is 5. The number of carbonyl (C=O) groups excluding carboxylic acids is 3. The molecule has 2 aliphatic carbocycles. The number of amides is 2. The standard InChI is InChI=1S/C18H21FN2O4/c19-15-4-2-1-3-14(15)18(24)21-20-16(22)10-25-17(23)9-13-8-11-5-6-12(13)7-11/h1-4,11-13H,5-10H2,(H,20,22)(H,21,24)/t11-,12-,13+/m1/s1. The van der Waals surface area contributed by atoms with E-state index in [0.717, 1.165) is 18.4 Å². The average molecular weight is 348 g/mol. The van der Waals surface area contributed by atoms with Gasteiger partial charge in [-0.1, -0.05) is 18.6 Å². The minimum absolute atomic E-state index is 0.184. The highest BCUT2D eigenvalue weighted by molar-refractivity contribution is 5.95. The van der Waals surface area contributed by atoms with Gasteiger partial charge in [-0.15, -0.1) is 0 Å². The Morgan fingerprint density at radius 1 is 1.12 bits per heavy atom. The van der Waals surface area contributed by atoms with Crippen molar-refractivity contribution in [3.63, 3.8) is 0 Å². The van der Waals surface area contributed by atoms with Crippen molar-refractivity contribution in [3.8, 4) is 0 Å². The van der Waals surface area contributed by atoms with Crippen LogP contribution in [0.5, 0.6) is 0 Å². The van der Waals surface area contributed by atoms with Gasteiger partial charge in [0.25, 0.3) is 11.8 Å². The molecular weight excluding hydrogens is 327 g/mol. The predicted molar refractivity (Wildman–Crippen MR) is 86.5 cm³/mol. The molecule has 1 aromatic rings. The van der Waals surface area contributed by atoms with Crippen molar-refractivity contribution in [2.24, 2.45) is 17.8 Å². The molecule has 2 N–H and O–H groups in total. The first kappa shape index (κ1) is 17.4. The fourth-order valence-electron chi connectivity index (χ4n) is 3.92. The number of benzene rings is 1. The van der Waals surface area contributed by atoms with Crippen molar-refractivity contribution in [1.29, 1.82) is 0 Å². The van der Waals surface area contributed by atoms with Gasteiger partial charge in [-0.25, -0.2) is 4.39 Å². The average Bonchev–Trinajstić information content (AvgIpc) is 3.21. The molecule has 0 heterocycles. The fraction of sp³-hybridized carbons (Fsp3) is 0.500. The summed E-state index contributed by atoms with van der Waals surface area (Å²) in [7, 11) is 0. The van der Waals surface area contributed by atoms with Crippen molar-refractivity contribution >= 4 is 17.8 Å². The van der Waals surface area contributed by atoms with Gasteiger partial charge in [0, 0.05) is 6.42 Å². The molecule has 2 fully saturated rings. The molecule has 1 aromatic carbocycles. The monoisotopic (exact) mass is 348 g/mol. The molecule has 3 atom stereocenters. The Labute approximate surface area is 145 Å². The van der Waals surface area contributed by atoms with Gasteiger partial charge in [0.05, 0.1) is 5.56 Å². The minimum atomic E-state index is -0.778. The van der Waals surface area contributed by atoms with E-state index in [1.54, 1.807) is 0 Å². The van der Waals surface area contributed by atoms with Crippen molar-refractivity contribution in [3.05, 3.63) is 35.6 Å². The van der Waals surface area contributed by atoms with Crippen molar-refractivity contribution in [2.75, 3.05) is 6.61 Å². The number of ether oxygens (including phenoxy) is 1. The second-order valence-corrected chi connectivity index (χ2v) is 6.78. The van der Waals surface area contributed by atoms with Crippen LogP contribution in [0.2, 0.25) is 0 Å². The highest BCUT2D eigenvalue weighted by atomic mass is 19.1. The Bertz CT molecular complexity index is 679. The minimum Gasteiger partial charge on any atom is -0.455 e. The lowest BCUT2D eigenvalue weighted by Gasteiger charge is -2.20. The highest BCUT2D eigenvalue weighted by Gasteiger charge is 2.40. The SMILES string of the molecule is O=C(COC(=O)C[C@@H]1C[C@@H]2CC[C@@H]1C2)NNC(=O)c1ccccc1F. The zero-order chi connectivity index (χ0) is 17.8. The van der Waals surface area contributed by atoms with Gasteiger partial charge in [0.15, 0.2) is 6.61 Å². The summed E-state index contributed by atoms with van der Waals surface area (Å²) in [5.41, 5.74) is 4.01. The molecule has 0 aliphatic heterocycles. The summed E-state index contributed by atoms with van der Waals surface area (Å²) in [5.74, 6) is -0.799. The second kappa shape index (κ2) is 7.63. The van der Waals surface area contributed by atoms with E-state index in [9.17, 15) is 18.8 Å². The number of hydrogen-bond acceptors (Lipinski definition) is 4. The summed E-state index contributed by atoms with van der Waals surface area (Å²) in [6, 6.07) is 5.41. The van der Waals surface area contributed by atoms with Crippen molar-refractivity contribution in [2.45, 2.75) is 32.1 Å². The second-order valence-electron chi connectivity index (χ2n) is 6.78. The first-order valence-corrected chi connectivity index (χ1v) is 8.52. The molecule has 7 heteroatoms. The van der Waals surface area contributed by atoms with Crippen LogP contribution in [0, 0.1) is 23.6 Å². The lowest BCUT2D eigenvalue weighted by atomic mass is 9.86. The van der Waals surface area contributed by atoms with Crippen LogP contribution in [0.25, 0.3) is 0 Å². The summed E-state index contributed by atoms with van der Waals surface area (Å²) < 4.78 is 18.4. The molecule has 0 saturated heterocycles. The molecule has 6 nitrogen and oxygen atoms in total. The fourth-order valence-corrected chi connectivity index (χ4v) is 3.92. The molecule has 3 rings (SSSR count). The third kappa shape index (κ3) is 4.35. The number of halogens is 1. The van der Waals surface area contributed by atoms with Crippen LogP contribution in [0.15, 0.2) is 24.3 Å². The van der Waals surface area contributed by atoms with Crippen molar-refractivity contribution < 1.29 is 23.5 Å². The van der Waals surface area contributed by atoms with Crippen LogP contribution in [0.4, 0.5) is 4.39 Å². The zero-order valence-electron chi connectivity index (χ0n) is 13.8. The van der Waals surface area contributed by atoms with Crippen LogP contribution in [0.1, 0.15) is 42.5 Å². The first-order chi connectivity index (χ1) is 12.0. The third-order valence-electron chi connectivity index (χ3n) is 5.11. The van der Waals surface area contributed by atoms with E-state index < -0.39 is 30.2 Å². The summed E-state index contributed by atoms with van der Waals surface area (Å²) in [6.45, 7) is -0.475. The maximum Gasteiger partial charge on any atom is 0.306 e. The molecule has 134 valence electrons. The Morgan fingerprint density at radius 3 is 2.60 bits per heavy atom. The van der Waals surface area contributed by atoms with Gasteiger partial charge in [0.1, 0.15) is 5.82 Å². The molecule has 2 bridgehead atoms. The molecule has 2 amide bonds. The maximum atomic E-state index is 13.4. The van der Waals surface area contributed by atoms with E-state index in [1.807, 2.05) is 0 Å². The normalized spacial score (nSPS) is 24.0. The largest absolute Gasteiger partial charge is 0.455 e. The van der Waals surface area contributed by atoms with Gasteiger partial charge >= 0.3 is 5.97 Å². The number of fused-ring (bicyclic) bond motifs is 2. The van der Waals surface area contributed by atoms with Gasteiger partial charge in [0.2, 0.25) is 0 Å². The Kier molecular flexibility index (Phi) is 5.31. The van der Waals surface area contributed by atoms with E-state index in [4.69, 9.17) is 4.74 Å². The van der Waals surface area contributed by atoms with E-state index in [0.29, 0.717) is 18.3 Å². The van der Waals surface area contributed by atoms with Gasteiger partial charge in [-0.05, 0) is 49.1 Å². The molecular formula is C18H21FN2O4. The molecule has 0 radical (unpaired) electrons. The van der Waals surface area contributed by atoms with E-state index in [2.05, 4.69) is 10.9 Å². The van der Waals surface area contributed by atoms with Crippen LogP contribution in [0.3, 0.4) is 0 Å². The molecule has 2 saturated carbocycles. The quantitative estimate of drug-likeness (QED) is 0.629. The number of esters is 1. The molecule has 2 aliphatic rings. The zero-order valence-corrected chi connectivity index (χ0v) is 13.8. The van der Waals surface area contributed by atoms with Gasteiger partial charge < -0.3 is 4.74 Å². The van der Waals surface area contributed by atoms with E-state index in [1.165, 1.54) is 37.5 Å². The van der Waals surface area contributed by atoms with Crippen LogP contribution in [-0.4, -0.2) is 24.4 Å². The lowest BCUT2D eigenvalue weighted by Crippen LogP contribution is -2.43. The summed E-state index contributed by atoms with van der Waals surface area (Å²) in [4.78, 5) is 35.2. The van der Waals surface area contributed by atoms with Crippen molar-refractivity contribution in [1.82, 2.24) is 10.9 Å². The Morgan fingerprint density at radius 2 is 1.92 bits per heavy atom. The summed E-state index contributed by atoms with van der Waals surface area (Å²) in [6.07, 6.45) is 5.08. The molecule has 0 unspecified atom stereocenters. The Balaban J connectivity index is 1.36. The third-order valence-corrected chi connectivity index (χ3v) is 5.11. The number of carbonyl (C=O) groups is 3. The predicted octanol–water partition coefficient (Wildman–Crippen LogP) is 1.96. The molecule has 0 spiro atoms. The Hall–Kier alpha value is -2.44. The lowest BCUT2D eigenvalue weighted by molar-refractivity contribution is -0.150. The summed E-state index contributed by atoms with van der Waals surface area (Å²) >= 11 is 0. The van der Waals surface area contributed by atoms with Crippen LogP contribution in [-0.2, 0) is 14.3 Å². The topological polar surface area (TPSA) is 84.5 Å². The molecule has 25 heavy (non-hydrogen) atoms. The maximum absolute atomic E-state index is 13.4. The highest BCUT2D eigenvalue weighted by Crippen LogP contribution is 2.49. The van der Waals surface area contributed by atoms with Crippen LogP contribution >= 0.6 is 0 Å². The first-order valence-electron chi connectivity index (χ1n) is 8.52. The number of nitrogens with one attached hydrogen (secondary N) is 2. The smallest absolute Gasteiger partial charge is 0.306 e. The van der Waals surface area contributed by atoms with Crippen LogP contribution < -0.4 is 10.9 Å². The van der Waals surface area contributed by atoms with Gasteiger partial charge in [-0.2, -0.15) is 0 Å². The number of hydrazine groups is 1. The van der Waals surface area contributed by atoms with Gasteiger partial charge in [-0.3, -0.25) is 25.2 Å². The molecule has 0 aromatic heterocycles. The van der Waals surface area contributed by atoms with E-state index in [-0.39, 0.29) is 5.56 Å². The van der Waals surface area contributed by atoms with E-state index >= 15 is 0 Å².